The summed E-state index contributed by atoms with van der Waals surface area (Å²) in [7, 11) is -1.09. The molecule has 2 nitrogen and oxygen atoms in total. The molecule has 0 aromatic heterocycles. The van der Waals surface area contributed by atoms with Gasteiger partial charge in [0.25, 0.3) is 0 Å². The van der Waals surface area contributed by atoms with Crippen LogP contribution >= 0.6 is 0 Å². The minimum Gasteiger partial charge on any atom is -0.293 e. The van der Waals surface area contributed by atoms with Crippen molar-refractivity contribution in [3.8, 4) is 0 Å². The van der Waals surface area contributed by atoms with Gasteiger partial charge in [-0.2, -0.15) is 0 Å². The van der Waals surface area contributed by atoms with Crippen LogP contribution in [-0.4, -0.2) is 21.0 Å². The Morgan fingerprint density at radius 1 is 1.22 bits per heavy atom. The third-order valence-electron chi connectivity index (χ3n) is 3.32. The van der Waals surface area contributed by atoms with Crippen LogP contribution in [0.5, 0.6) is 0 Å². The fourth-order valence-corrected chi connectivity index (χ4v) is 2.96. The van der Waals surface area contributed by atoms with Gasteiger partial charge in [0.15, 0.2) is 5.78 Å². The summed E-state index contributed by atoms with van der Waals surface area (Å²) in [5.74, 6) is 0.447. The van der Waals surface area contributed by atoms with Crippen LogP contribution in [0.15, 0.2) is 18.2 Å². The highest BCUT2D eigenvalue weighted by Gasteiger charge is 2.19. The molecule has 1 rings (SSSR count). The number of hydrogen-bond donors (Lipinski definition) is 0. The van der Waals surface area contributed by atoms with Crippen LogP contribution in [0.2, 0.25) is 0 Å². The summed E-state index contributed by atoms with van der Waals surface area (Å²) in [6.07, 6.45) is 0. The van der Waals surface area contributed by atoms with E-state index in [9.17, 15) is 9.00 Å². The summed E-state index contributed by atoms with van der Waals surface area (Å²) in [6, 6.07) is 5.81. The van der Waals surface area contributed by atoms with E-state index in [1.165, 1.54) is 0 Å². The topological polar surface area (TPSA) is 34.1 Å². The minimum atomic E-state index is -1.09. The normalized spacial score (nSPS) is 14.6. The molecular weight excluding hydrogens is 244 g/mol. The Labute approximate surface area is 112 Å². The Balaban J connectivity index is 2.83. The molecule has 0 heterocycles. The minimum absolute atomic E-state index is 0.0120. The summed E-state index contributed by atoms with van der Waals surface area (Å²) >= 11 is 0. The van der Waals surface area contributed by atoms with Crippen molar-refractivity contribution >= 4 is 16.6 Å². The Morgan fingerprint density at radius 3 is 2.39 bits per heavy atom. The van der Waals surface area contributed by atoms with Crippen LogP contribution in [-0.2, 0) is 10.8 Å². The zero-order valence-electron chi connectivity index (χ0n) is 11.8. The molecule has 0 bridgehead atoms. The maximum atomic E-state index is 12.2. The molecule has 0 aliphatic rings. The molecule has 0 amide bonds. The summed E-state index contributed by atoms with van der Waals surface area (Å²) in [5, 5.41) is 0.0547. The molecule has 0 aliphatic heterocycles. The second kappa shape index (κ2) is 6.28. The van der Waals surface area contributed by atoms with Crippen molar-refractivity contribution in [3.05, 3.63) is 34.9 Å². The monoisotopic (exact) mass is 266 g/mol. The van der Waals surface area contributed by atoms with Crippen LogP contribution in [0.4, 0.5) is 0 Å². The molecule has 0 radical (unpaired) electrons. The maximum Gasteiger partial charge on any atom is 0.175 e. The van der Waals surface area contributed by atoms with E-state index in [2.05, 4.69) is 0 Å². The largest absolute Gasteiger partial charge is 0.293 e. The van der Waals surface area contributed by atoms with Crippen LogP contribution in [0.3, 0.4) is 0 Å². The molecule has 0 N–H and O–H groups in total. The highest BCUT2D eigenvalue weighted by atomic mass is 32.2. The molecule has 0 saturated carbocycles. The lowest BCUT2D eigenvalue weighted by Gasteiger charge is -2.15. The summed E-state index contributed by atoms with van der Waals surface area (Å²) in [4.78, 5) is 12.2. The Kier molecular flexibility index (Phi) is 5.27. The van der Waals surface area contributed by atoms with Gasteiger partial charge >= 0.3 is 0 Å². The van der Waals surface area contributed by atoms with E-state index in [4.69, 9.17) is 0 Å². The number of carbonyl (C=O) groups is 1. The quantitative estimate of drug-likeness (QED) is 0.766. The molecule has 1 aromatic rings. The van der Waals surface area contributed by atoms with Crippen LogP contribution in [0, 0.1) is 19.8 Å². The van der Waals surface area contributed by atoms with Crippen molar-refractivity contribution in [2.24, 2.45) is 5.92 Å². The second-order valence-corrected chi connectivity index (χ2v) is 7.01. The standard InChI is InChI=1S/C15H22O2S/c1-10(2)13(5)18(17)9-15(16)14-8-11(3)6-7-12(14)4/h6-8,10,13H,9H2,1-5H3. The van der Waals surface area contributed by atoms with Crippen molar-refractivity contribution in [1.29, 1.82) is 0 Å². The molecule has 18 heavy (non-hydrogen) atoms. The van der Waals surface area contributed by atoms with Crippen molar-refractivity contribution < 1.29 is 9.00 Å². The summed E-state index contributed by atoms with van der Waals surface area (Å²) in [5.41, 5.74) is 2.73. The average Bonchev–Trinajstić information content (AvgIpc) is 2.30. The third-order valence-corrected chi connectivity index (χ3v) is 5.24. The lowest BCUT2D eigenvalue weighted by molar-refractivity contribution is 0.102. The van der Waals surface area contributed by atoms with Crippen molar-refractivity contribution in [2.45, 2.75) is 39.9 Å². The number of hydrogen-bond acceptors (Lipinski definition) is 2. The smallest absolute Gasteiger partial charge is 0.175 e. The molecule has 0 spiro atoms. The van der Waals surface area contributed by atoms with Gasteiger partial charge in [-0.15, -0.1) is 0 Å². The van der Waals surface area contributed by atoms with E-state index in [1.807, 2.05) is 52.8 Å². The van der Waals surface area contributed by atoms with Crippen LogP contribution in [0.1, 0.15) is 42.3 Å². The number of benzene rings is 1. The van der Waals surface area contributed by atoms with E-state index >= 15 is 0 Å². The van der Waals surface area contributed by atoms with E-state index < -0.39 is 10.8 Å². The number of ketones is 1. The first kappa shape index (κ1) is 15.1. The third kappa shape index (κ3) is 3.77. The molecule has 2 atom stereocenters. The molecule has 100 valence electrons. The van der Waals surface area contributed by atoms with Gasteiger partial charge in [-0.05, 0) is 31.4 Å². The Bertz CT molecular complexity index is 464. The first-order valence-corrected chi connectivity index (χ1v) is 7.68. The van der Waals surface area contributed by atoms with E-state index in [-0.39, 0.29) is 16.8 Å². The molecule has 0 fully saturated rings. The molecule has 3 heteroatoms. The van der Waals surface area contributed by atoms with Crippen molar-refractivity contribution in [3.63, 3.8) is 0 Å². The van der Waals surface area contributed by atoms with Gasteiger partial charge in [-0.3, -0.25) is 9.00 Å². The molecule has 1 aromatic carbocycles. The van der Waals surface area contributed by atoms with Gasteiger partial charge in [0.2, 0.25) is 0 Å². The first-order valence-electron chi connectivity index (χ1n) is 6.30. The lowest BCUT2D eigenvalue weighted by atomic mass is 10.0. The van der Waals surface area contributed by atoms with Crippen molar-refractivity contribution in [2.75, 3.05) is 5.75 Å². The van der Waals surface area contributed by atoms with Crippen molar-refractivity contribution in [1.82, 2.24) is 0 Å². The molecule has 0 aliphatic carbocycles. The molecular formula is C15H22O2S. The van der Waals surface area contributed by atoms with E-state index in [0.29, 0.717) is 11.5 Å². The SMILES string of the molecule is Cc1ccc(C)c(C(=O)CS(=O)C(C)C(C)C)c1. The number of rotatable bonds is 5. The lowest BCUT2D eigenvalue weighted by Crippen LogP contribution is -2.24. The average molecular weight is 266 g/mol. The fraction of sp³-hybridized carbons (Fsp3) is 0.533. The highest BCUT2D eigenvalue weighted by Crippen LogP contribution is 2.14. The second-order valence-electron chi connectivity index (χ2n) is 5.22. The van der Waals surface area contributed by atoms with E-state index in [0.717, 1.165) is 11.1 Å². The van der Waals surface area contributed by atoms with Gasteiger partial charge in [0.05, 0.1) is 5.75 Å². The molecule has 2 unspecified atom stereocenters. The van der Waals surface area contributed by atoms with Gasteiger partial charge in [-0.1, -0.05) is 38.5 Å². The first-order chi connectivity index (χ1) is 8.32. The predicted molar refractivity (Wildman–Crippen MR) is 77.6 cm³/mol. The summed E-state index contributed by atoms with van der Waals surface area (Å²) in [6.45, 7) is 9.89. The van der Waals surface area contributed by atoms with Gasteiger partial charge in [0.1, 0.15) is 0 Å². The van der Waals surface area contributed by atoms with Gasteiger partial charge in [0, 0.05) is 21.6 Å². The Hall–Kier alpha value is -0.960. The Morgan fingerprint density at radius 2 is 1.83 bits per heavy atom. The number of carbonyl (C=O) groups excluding carboxylic acids is 1. The van der Waals surface area contributed by atoms with Crippen LogP contribution in [0.25, 0.3) is 0 Å². The number of Topliss-reactive ketones (excluding diaryl/α,β-unsaturated/α-hetero) is 1. The maximum absolute atomic E-state index is 12.2. The summed E-state index contributed by atoms with van der Waals surface area (Å²) < 4.78 is 12.1. The van der Waals surface area contributed by atoms with Gasteiger partial charge < -0.3 is 0 Å². The van der Waals surface area contributed by atoms with Gasteiger partial charge in [-0.25, -0.2) is 0 Å². The highest BCUT2D eigenvalue weighted by molar-refractivity contribution is 7.86. The number of aryl methyl sites for hydroxylation is 2. The zero-order valence-corrected chi connectivity index (χ0v) is 12.6. The van der Waals surface area contributed by atoms with Crippen LogP contribution < -0.4 is 0 Å². The predicted octanol–water partition coefficient (Wildman–Crippen LogP) is 3.28. The van der Waals surface area contributed by atoms with E-state index in [1.54, 1.807) is 0 Å². The zero-order chi connectivity index (χ0) is 13.9. The fourth-order valence-electron chi connectivity index (χ4n) is 1.68. The molecule has 0 saturated heterocycles.